The Hall–Kier alpha value is -1.35. The van der Waals surface area contributed by atoms with E-state index in [1.165, 1.54) is 0 Å². The van der Waals surface area contributed by atoms with Crippen molar-refractivity contribution in [3.05, 3.63) is 11.1 Å². The molecule has 0 aromatic carbocycles. The van der Waals surface area contributed by atoms with Crippen molar-refractivity contribution in [1.82, 2.24) is 14.8 Å². The maximum Gasteiger partial charge on any atom is 0.427 e. The van der Waals surface area contributed by atoms with E-state index in [0.717, 1.165) is 6.20 Å². The predicted octanol–water partition coefficient (Wildman–Crippen LogP) is 1.37. The summed E-state index contributed by atoms with van der Waals surface area (Å²) >= 11 is 0.645. The van der Waals surface area contributed by atoms with Crippen molar-refractivity contribution in [3.63, 3.8) is 0 Å². The molecule has 118 valence electrons. The molecule has 2 rings (SSSR count). The fourth-order valence-corrected chi connectivity index (χ4v) is 2.89. The fraction of sp³-hybridized carbons (Fsp3) is 0.667. The molecule has 0 aliphatic carbocycles. The minimum absolute atomic E-state index is 0.0368. The molecule has 21 heavy (non-hydrogen) atoms. The number of halogens is 3. The summed E-state index contributed by atoms with van der Waals surface area (Å²) in [5, 5.41) is 0.363. The molecule has 5 nitrogen and oxygen atoms in total. The lowest BCUT2D eigenvalue weighted by molar-refractivity contribution is -0.134. The fourth-order valence-electron chi connectivity index (χ4n) is 2.06. The van der Waals surface area contributed by atoms with Crippen LogP contribution in [0.5, 0.6) is 0 Å². The van der Waals surface area contributed by atoms with E-state index in [4.69, 9.17) is 0 Å². The second kappa shape index (κ2) is 6.18. The Labute approximate surface area is 125 Å². The molecule has 0 N–H and O–H groups in total. The number of aromatic nitrogens is 1. The molecule has 1 amide bonds. The molecule has 0 bridgehead atoms. The van der Waals surface area contributed by atoms with Crippen LogP contribution in [-0.4, -0.2) is 67.5 Å². The van der Waals surface area contributed by atoms with Crippen LogP contribution in [0, 0.1) is 0 Å². The van der Waals surface area contributed by atoms with Crippen molar-refractivity contribution in [2.75, 3.05) is 51.7 Å². The molecule has 2 heterocycles. The average molecular weight is 322 g/mol. The van der Waals surface area contributed by atoms with Gasteiger partial charge >= 0.3 is 6.18 Å². The van der Waals surface area contributed by atoms with Crippen LogP contribution in [0.2, 0.25) is 0 Å². The molecular formula is C12H17F3N4OS. The zero-order valence-electron chi connectivity index (χ0n) is 11.9. The summed E-state index contributed by atoms with van der Waals surface area (Å²) in [6.45, 7) is 2.37. The lowest BCUT2D eigenvalue weighted by atomic mass is 10.3. The maximum atomic E-state index is 12.6. The maximum absolute atomic E-state index is 12.6. The second-order valence-corrected chi connectivity index (χ2v) is 6.12. The summed E-state index contributed by atoms with van der Waals surface area (Å²) in [5.74, 6) is 0.0368. The molecule has 1 aromatic rings. The van der Waals surface area contributed by atoms with Crippen LogP contribution >= 0.6 is 11.3 Å². The van der Waals surface area contributed by atoms with Crippen LogP contribution in [-0.2, 0) is 11.0 Å². The summed E-state index contributed by atoms with van der Waals surface area (Å²) < 4.78 is 37.7. The third-order valence-electron chi connectivity index (χ3n) is 3.13. The SMILES string of the molecule is CN(C)CC(=O)N1CCN(c2ncc(C(F)(F)F)s2)CC1. The first-order valence-electron chi connectivity index (χ1n) is 6.48. The van der Waals surface area contributed by atoms with Crippen LogP contribution in [0.25, 0.3) is 0 Å². The molecule has 0 radical (unpaired) electrons. The number of carbonyl (C=O) groups excluding carboxylic acids is 1. The van der Waals surface area contributed by atoms with Crippen LogP contribution in [0.3, 0.4) is 0 Å². The van der Waals surface area contributed by atoms with E-state index in [1.807, 2.05) is 14.1 Å². The zero-order valence-corrected chi connectivity index (χ0v) is 12.7. The van der Waals surface area contributed by atoms with E-state index in [-0.39, 0.29) is 5.91 Å². The summed E-state index contributed by atoms with van der Waals surface area (Å²) in [5.41, 5.74) is 0. The zero-order chi connectivity index (χ0) is 15.6. The highest BCUT2D eigenvalue weighted by Gasteiger charge is 2.34. The Morgan fingerprint density at radius 1 is 1.33 bits per heavy atom. The average Bonchev–Trinajstić information content (AvgIpc) is 2.87. The molecular weight excluding hydrogens is 305 g/mol. The Kier molecular flexibility index (Phi) is 4.72. The predicted molar refractivity (Wildman–Crippen MR) is 74.5 cm³/mol. The van der Waals surface area contributed by atoms with Gasteiger partial charge in [0, 0.05) is 26.2 Å². The molecule has 0 saturated carbocycles. The van der Waals surface area contributed by atoms with E-state index in [2.05, 4.69) is 4.98 Å². The molecule has 0 atom stereocenters. The molecule has 9 heteroatoms. The lowest BCUT2D eigenvalue weighted by Crippen LogP contribution is -2.50. The quantitative estimate of drug-likeness (QED) is 0.843. The number of anilines is 1. The number of hydrogen-bond donors (Lipinski definition) is 0. The first kappa shape index (κ1) is 16.0. The van der Waals surface area contributed by atoms with Crippen molar-refractivity contribution in [2.24, 2.45) is 0 Å². The molecule has 0 unspecified atom stereocenters. The number of piperazine rings is 1. The molecule has 1 saturated heterocycles. The second-order valence-electron chi connectivity index (χ2n) is 5.11. The van der Waals surface area contributed by atoms with Gasteiger partial charge in [-0.2, -0.15) is 13.2 Å². The smallest absolute Gasteiger partial charge is 0.345 e. The first-order valence-corrected chi connectivity index (χ1v) is 7.29. The molecule has 1 aliphatic heterocycles. The minimum Gasteiger partial charge on any atom is -0.345 e. The van der Waals surface area contributed by atoms with E-state index in [1.54, 1.807) is 14.7 Å². The van der Waals surface area contributed by atoms with Gasteiger partial charge in [-0.15, -0.1) is 0 Å². The Bertz CT molecular complexity index is 495. The van der Waals surface area contributed by atoms with Gasteiger partial charge in [0.2, 0.25) is 5.91 Å². The number of carbonyl (C=O) groups is 1. The monoisotopic (exact) mass is 322 g/mol. The van der Waals surface area contributed by atoms with E-state index in [9.17, 15) is 18.0 Å². The van der Waals surface area contributed by atoms with Gasteiger partial charge in [0.1, 0.15) is 4.88 Å². The van der Waals surface area contributed by atoms with Crippen molar-refractivity contribution >= 4 is 22.4 Å². The molecule has 1 aliphatic rings. The highest BCUT2D eigenvalue weighted by Crippen LogP contribution is 2.36. The highest BCUT2D eigenvalue weighted by atomic mass is 32.1. The topological polar surface area (TPSA) is 39.7 Å². The third-order valence-corrected chi connectivity index (χ3v) is 4.23. The van der Waals surface area contributed by atoms with Crippen molar-refractivity contribution in [1.29, 1.82) is 0 Å². The largest absolute Gasteiger partial charge is 0.427 e. The van der Waals surface area contributed by atoms with Crippen molar-refractivity contribution in [2.45, 2.75) is 6.18 Å². The number of alkyl halides is 3. The van der Waals surface area contributed by atoms with Crippen LogP contribution in [0.15, 0.2) is 6.20 Å². The number of rotatable bonds is 3. The summed E-state index contributed by atoms with van der Waals surface area (Å²) in [4.78, 5) is 20.4. The number of amides is 1. The Morgan fingerprint density at radius 3 is 2.43 bits per heavy atom. The Morgan fingerprint density at radius 2 is 1.95 bits per heavy atom. The van der Waals surface area contributed by atoms with Gasteiger partial charge in [-0.25, -0.2) is 4.98 Å². The number of likely N-dealkylation sites (N-methyl/N-ethyl adjacent to an activating group) is 1. The lowest BCUT2D eigenvalue weighted by Gasteiger charge is -2.35. The van der Waals surface area contributed by atoms with Gasteiger partial charge in [0.15, 0.2) is 5.13 Å². The summed E-state index contributed by atoms with van der Waals surface area (Å²) in [7, 11) is 3.64. The van der Waals surface area contributed by atoms with E-state index < -0.39 is 11.1 Å². The van der Waals surface area contributed by atoms with Gasteiger partial charge in [0.05, 0.1) is 12.7 Å². The number of hydrogen-bond acceptors (Lipinski definition) is 5. The summed E-state index contributed by atoms with van der Waals surface area (Å²) in [6, 6.07) is 0. The van der Waals surface area contributed by atoms with Crippen molar-refractivity contribution in [3.8, 4) is 0 Å². The molecule has 0 spiro atoms. The number of thiazole rings is 1. The van der Waals surface area contributed by atoms with E-state index in [0.29, 0.717) is 49.2 Å². The van der Waals surface area contributed by atoms with Gasteiger partial charge in [-0.05, 0) is 14.1 Å². The third kappa shape index (κ3) is 4.07. The van der Waals surface area contributed by atoms with Crippen LogP contribution < -0.4 is 4.90 Å². The standard InChI is InChI=1S/C12H17F3N4OS/c1-17(2)8-10(20)18-3-5-19(6-4-18)11-16-7-9(21-11)12(13,14)15/h7H,3-6,8H2,1-2H3. The summed E-state index contributed by atoms with van der Waals surface area (Å²) in [6.07, 6.45) is -3.48. The Balaban J connectivity index is 1.92. The highest BCUT2D eigenvalue weighted by molar-refractivity contribution is 7.15. The minimum atomic E-state index is -4.35. The van der Waals surface area contributed by atoms with Crippen molar-refractivity contribution < 1.29 is 18.0 Å². The van der Waals surface area contributed by atoms with Gasteiger partial charge in [0.25, 0.3) is 0 Å². The van der Waals surface area contributed by atoms with E-state index >= 15 is 0 Å². The number of nitrogens with zero attached hydrogens (tertiary/aromatic N) is 4. The van der Waals surface area contributed by atoms with Gasteiger partial charge in [-0.1, -0.05) is 11.3 Å². The van der Waals surface area contributed by atoms with Gasteiger partial charge < -0.3 is 14.7 Å². The van der Waals surface area contributed by atoms with Gasteiger partial charge in [-0.3, -0.25) is 4.79 Å². The molecule has 1 aromatic heterocycles. The molecule has 1 fully saturated rings. The first-order chi connectivity index (χ1) is 9.77. The van der Waals surface area contributed by atoms with Crippen LogP contribution in [0.4, 0.5) is 18.3 Å². The normalized spacial score (nSPS) is 16.7. The van der Waals surface area contributed by atoms with Crippen LogP contribution in [0.1, 0.15) is 4.88 Å².